The van der Waals surface area contributed by atoms with Gasteiger partial charge in [-0.05, 0) is 17.9 Å². The molecule has 0 heterocycles. The van der Waals surface area contributed by atoms with Crippen molar-refractivity contribution in [3.8, 4) is 5.75 Å². The maximum atomic E-state index is 11.9. The molecule has 0 unspecified atom stereocenters. The van der Waals surface area contributed by atoms with Crippen LogP contribution < -0.4 is 4.74 Å². The molecule has 0 aliphatic heterocycles. The highest BCUT2D eigenvalue weighted by Crippen LogP contribution is 2.36. The number of halogens is 1. The minimum Gasteiger partial charge on any atom is -0.493 e. The first-order valence-electron chi connectivity index (χ1n) is 13.5. The molecule has 1 N–H and O–H groups in total. The number of benzene rings is 2. The Morgan fingerprint density at radius 1 is 0.771 bits per heavy atom. The van der Waals surface area contributed by atoms with Crippen LogP contribution >= 0.6 is 19.8 Å². The number of carboxylic acid groups (broad SMARTS) is 1. The lowest BCUT2D eigenvalue weighted by Gasteiger charge is -2.13. The first-order valence-corrected chi connectivity index (χ1v) is 16.4. The van der Waals surface area contributed by atoms with Gasteiger partial charge in [0.1, 0.15) is 14.9 Å². The van der Waals surface area contributed by atoms with Crippen LogP contribution in [-0.4, -0.2) is 17.7 Å². The quantitative estimate of drug-likeness (QED) is 0.121. The zero-order valence-electron chi connectivity index (χ0n) is 21.4. The van der Waals surface area contributed by atoms with E-state index in [-0.39, 0.29) is 14.9 Å². The number of carbonyl (C=O) groups is 1. The molecule has 2 aromatic rings. The molecule has 2 rings (SSSR count). The van der Waals surface area contributed by atoms with Crippen LogP contribution in [0.5, 0.6) is 5.75 Å². The Hall–Kier alpha value is -1.70. The molecule has 0 atom stereocenters. The lowest BCUT2D eigenvalue weighted by Crippen LogP contribution is -2.08. The lowest BCUT2D eigenvalue weighted by molar-refractivity contribution is 0.0691. The Morgan fingerprint density at radius 2 is 1.26 bits per heavy atom. The molecule has 0 aliphatic rings. The van der Waals surface area contributed by atoms with E-state index in [0.717, 1.165) is 19.3 Å². The van der Waals surface area contributed by atoms with Crippen LogP contribution in [0.2, 0.25) is 0 Å². The van der Waals surface area contributed by atoms with Crippen molar-refractivity contribution in [1.29, 1.82) is 0 Å². The van der Waals surface area contributed by atoms with Gasteiger partial charge in [-0.1, -0.05) is 128 Å². The van der Waals surface area contributed by atoms with Crippen LogP contribution in [0.3, 0.4) is 0 Å². The molecule has 196 valence electrons. The predicted octanol–water partition coefficient (Wildman–Crippen LogP) is 9.55. The molecule has 0 amide bonds. The Morgan fingerprint density at radius 3 is 1.74 bits per heavy atom. The average Bonchev–Trinajstić information content (AvgIpc) is 2.84. The Balaban J connectivity index is 1.60. The number of aromatic carboxylic acids is 1. The van der Waals surface area contributed by atoms with E-state index in [9.17, 15) is 16.0 Å². The normalized spacial score (nSPS) is 11.4. The molecule has 0 bridgehead atoms. The molecule has 0 saturated heterocycles. The fourth-order valence-corrected chi connectivity index (χ4v) is 6.49. The van der Waals surface area contributed by atoms with Gasteiger partial charge in [0.25, 0.3) is 0 Å². The van der Waals surface area contributed by atoms with Crippen molar-refractivity contribution in [2.75, 3.05) is 6.61 Å². The Labute approximate surface area is 218 Å². The molecule has 0 saturated carbocycles. The molecule has 2 aromatic carbocycles. The van der Waals surface area contributed by atoms with Gasteiger partial charge in [0, 0.05) is 5.39 Å². The standard InChI is InChI=1S/C29H43IO5/c1-2-3-4-5-6-7-8-9-10-11-12-13-14-15-16-19-22-35-26-23-24-20-17-18-21-25(24)28(30(33)34)27(26)29(31)32/h17-18,20-21,23H,2-16,19,22H2,1H3,(H,31,32). The first-order chi connectivity index (χ1) is 17.1. The van der Waals surface area contributed by atoms with E-state index in [0.29, 0.717) is 17.4 Å². The van der Waals surface area contributed by atoms with Gasteiger partial charge in [-0.15, -0.1) is 0 Å². The van der Waals surface area contributed by atoms with Crippen molar-refractivity contribution in [1.82, 2.24) is 0 Å². The highest BCUT2D eigenvalue weighted by molar-refractivity contribution is 14.2. The summed E-state index contributed by atoms with van der Waals surface area (Å²) >= 11 is -4.03. The Bertz CT molecular complexity index is 959. The number of rotatable bonds is 20. The first kappa shape index (κ1) is 29.5. The highest BCUT2D eigenvalue weighted by Gasteiger charge is 2.23. The van der Waals surface area contributed by atoms with Gasteiger partial charge in [0.15, 0.2) is 0 Å². The van der Waals surface area contributed by atoms with Crippen LogP contribution in [-0.2, 0) is 6.14 Å². The maximum Gasteiger partial charge on any atom is 0.342 e. The smallest absolute Gasteiger partial charge is 0.342 e. The van der Waals surface area contributed by atoms with Gasteiger partial charge < -0.3 is 9.84 Å². The molecule has 35 heavy (non-hydrogen) atoms. The summed E-state index contributed by atoms with van der Waals surface area (Å²) in [6.45, 7) is 2.65. The molecular formula is C29H43IO5. The van der Waals surface area contributed by atoms with Gasteiger partial charge >= 0.3 is 25.8 Å². The van der Waals surface area contributed by atoms with E-state index in [1.54, 1.807) is 30.3 Å². The summed E-state index contributed by atoms with van der Waals surface area (Å²) in [5.74, 6) is -1.11. The third kappa shape index (κ3) is 10.8. The van der Waals surface area contributed by atoms with Crippen molar-refractivity contribution in [3.05, 3.63) is 39.5 Å². The van der Waals surface area contributed by atoms with Gasteiger partial charge in [-0.2, -0.15) is 0 Å². The topological polar surface area (TPSA) is 80.7 Å². The van der Waals surface area contributed by atoms with Crippen molar-refractivity contribution in [2.24, 2.45) is 0 Å². The van der Waals surface area contributed by atoms with Crippen molar-refractivity contribution in [3.63, 3.8) is 0 Å². The maximum absolute atomic E-state index is 11.9. The summed E-state index contributed by atoms with van der Waals surface area (Å²) in [6.07, 6.45) is 20.6. The molecule has 0 aliphatic carbocycles. The zero-order chi connectivity index (χ0) is 25.3. The second-order valence-electron chi connectivity index (χ2n) is 9.46. The molecule has 5 nitrogen and oxygen atoms in total. The number of hydrogen-bond donors (Lipinski definition) is 1. The van der Waals surface area contributed by atoms with E-state index in [4.69, 9.17) is 4.74 Å². The minimum absolute atomic E-state index is 0.0817. The summed E-state index contributed by atoms with van der Waals surface area (Å²) in [4.78, 5) is 11.8. The molecule has 0 spiro atoms. The van der Waals surface area contributed by atoms with E-state index < -0.39 is 25.8 Å². The summed E-state index contributed by atoms with van der Waals surface area (Å²) in [7, 11) is 0. The molecular weight excluding hydrogens is 555 g/mol. The fourth-order valence-electron chi connectivity index (χ4n) is 4.58. The third-order valence-corrected chi connectivity index (χ3v) is 8.57. The fraction of sp³-hybridized carbons (Fsp3) is 0.621. The van der Waals surface area contributed by atoms with Gasteiger partial charge in [-0.3, -0.25) is 0 Å². The number of unbranched alkanes of at least 4 members (excludes halogenated alkanes) is 15. The second kappa shape index (κ2) is 17.7. The second-order valence-corrected chi connectivity index (χ2v) is 11.8. The van der Waals surface area contributed by atoms with Gasteiger partial charge in [-0.25, -0.2) is 10.9 Å². The molecule has 0 aromatic heterocycles. The summed E-state index contributed by atoms with van der Waals surface area (Å²) in [5, 5.41) is 10.8. The van der Waals surface area contributed by atoms with Crippen molar-refractivity contribution < 1.29 is 20.8 Å². The zero-order valence-corrected chi connectivity index (χ0v) is 23.5. The van der Waals surface area contributed by atoms with E-state index >= 15 is 0 Å². The van der Waals surface area contributed by atoms with E-state index in [1.165, 1.54) is 83.5 Å². The van der Waals surface area contributed by atoms with E-state index in [1.807, 2.05) is 0 Å². The SMILES string of the molecule is CCCCCCCCCCCCCCCCCCOc1cc2ccccc2c(I(=O)=O)c1C(=O)O. The largest absolute Gasteiger partial charge is 0.493 e. The summed E-state index contributed by atoms with van der Waals surface area (Å²) < 4.78 is 29.6. The van der Waals surface area contributed by atoms with Crippen LogP contribution in [0, 0.1) is 3.57 Å². The van der Waals surface area contributed by atoms with Gasteiger partial charge in [0.05, 0.1) is 6.61 Å². The van der Waals surface area contributed by atoms with Crippen LogP contribution in [0.15, 0.2) is 30.3 Å². The molecule has 0 fully saturated rings. The third-order valence-electron chi connectivity index (χ3n) is 6.57. The predicted molar refractivity (Wildman–Crippen MR) is 150 cm³/mol. The number of hydrogen-bond acceptors (Lipinski definition) is 4. The molecule has 0 radical (unpaired) electrons. The number of ether oxygens (including phenoxy) is 1. The summed E-state index contributed by atoms with van der Waals surface area (Å²) in [5.41, 5.74) is -0.226. The van der Waals surface area contributed by atoms with Crippen LogP contribution in [0.25, 0.3) is 10.8 Å². The van der Waals surface area contributed by atoms with Crippen molar-refractivity contribution >= 4 is 36.5 Å². The Kier molecular flexibility index (Phi) is 14.9. The number of fused-ring (bicyclic) bond motifs is 1. The van der Waals surface area contributed by atoms with Crippen molar-refractivity contribution in [2.45, 2.75) is 110 Å². The van der Waals surface area contributed by atoms with Gasteiger partial charge in [0.2, 0.25) is 0 Å². The lowest BCUT2D eigenvalue weighted by atomic mass is 10.0. The molecule has 6 heteroatoms. The highest BCUT2D eigenvalue weighted by atomic mass is 127. The van der Waals surface area contributed by atoms with E-state index in [2.05, 4.69) is 6.92 Å². The van der Waals surface area contributed by atoms with Crippen LogP contribution in [0.4, 0.5) is 0 Å². The monoisotopic (exact) mass is 598 g/mol. The average molecular weight is 599 g/mol. The van der Waals surface area contributed by atoms with Crippen LogP contribution in [0.1, 0.15) is 120 Å². The summed E-state index contributed by atoms with van der Waals surface area (Å²) in [6, 6.07) is 8.60. The number of carboxylic acids is 1. The minimum atomic E-state index is -4.03.